The number of carbonyl (C=O) groups excluding carboxylic acids is 1. The smallest absolute Gasteiger partial charge is 0.257 e. The lowest BCUT2D eigenvalue weighted by molar-refractivity contribution is -0.111. The van der Waals surface area contributed by atoms with Crippen molar-refractivity contribution in [2.75, 3.05) is 5.32 Å². The Labute approximate surface area is 142 Å². The van der Waals surface area contributed by atoms with Crippen molar-refractivity contribution in [1.29, 1.82) is 0 Å². The highest BCUT2D eigenvalue weighted by atomic mass is 32.1. The predicted octanol–water partition coefficient (Wildman–Crippen LogP) is 3.92. The van der Waals surface area contributed by atoms with Gasteiger partial charge in [0, 0.05) is 12.0 Å². The molecule has 6 heteroatoms. The Hall–Kier alpha value is -2.86. The molecular weight excluding hydrogens is 325 g/mol. The third kappa shape index (κ3) is 3.72. The Balaban J connectivity index is 1.67. The zero-order valence-corrected chi connectivity index (χ0v) is 13.5. The molecule has 0 fully saturated rings. The van der Waals surface area contributed by atoms with E-state index >= 15 is 0 Å². The summed E-state index contributed by atoms with van der Waals surface area (Å²) in [6.45, 7) is 3.80. The van der Waals surface area contributed by atoms with Gasteiger partial charge in [0.1, 0.15) is 10.8 Å². The van der Waals surface area contributed by atoms with Crippen molar-refractivity contribution in [1.82, 2.24) is 10.2 Å². The predicted molar refractivity (Wildman–Crippen MR) is 93.2 cm³/mol. The van der Waals surface area contributed by atoms with Crippen molar-refractivity contribution in [2.24, 2.45) is 0 Å². The van der Waals surface area contributed by atoms with Crippen LogP contribution in [0.1, 0.15) is 16.1 Å². The summed E-state index contributed by atoms with van der Waals surface area (Å²) in [5.74, 6) is -0.620. The van der Waals surface area contributed by atoms with Crippen LogP contribution >= 0.6 is 11.3 Å². The molecule has 0 radical (unpaired) electrons. The number of nitrogens with zero attached hydrogens (tertiary/aromatic N) is 2. The molecule has 4 nitrogen and oxygen atoms in total. The minimum atomic E-state index is -0.338. The fourth-order valence-electron chi connectivity index (χ4n) is 2.12. The van der Waals surface area contributed by atoms with Gasteiger partial charge in [0.2, 0.25) is 5.13 Å². The van der Waals surface area contributed by atoms with Crippen LogP contribution in [0.2, 0.25) is 0 Å². The van der Waals surface area contributed by atoms with Crippen LogP contribution in [-0.2, 0) is 11.2 Å². The molecule has 0 bridgehead atoms. The molecule has 0 unspecified atom stereocenters. The molecule has 0 saturated carbocycles. The van der Waals surface area contributed by atoms with Gasteiger partial charge >= 0.3 is 0 Å². The molecule has 3 aromatic rings. The molecule has 0 atom stereocenters. The van der Waals surface area contributed by atoms with Gasteiger partial charge < -0.3 is 0 Å². The van der Waals surface area contributed by atoms with Gasteiger partial charge in [-0.25, -0.2) is 4.39 Å². The van der Waals surface area contributed by atoms with Crippen LogP contribution in [-0.4, -0.2) is 16.1 Å². The Morgan fingerprint density at radius 2 is 1.79 bits per heavy atom. The van der Waals surface area contributed by atoms with Crippen molar-refractivity contribution >= 4 is 27.9 Å². The molecule has 0 aliphatic heterocycles. The van der Waals surface area contributed by atoms with Crippen LogP contribution in [0.15, 0.2) is 61.2 Å². The Kier molecular flexibility index (Phi) is 4.77. The molecule has 3 rings (SSSR count). The second kappa shape index (κ2) is 7.14. The topological polar surface area (TPSA) is 54.9 Å². The molecule has 1 N–H and O–H groups in total. The summed E-state index contributed by atoms with van der Waals surface area (Å²) in [4.78, 5) is 12.2. The van der Waals surface area contributed by atoms with E-state index in [4.69, 9.17) is 0 Å². The highest BCUT2D eigenvalue weighted by Gasteiger charge is 2.13. The van der Waals surface area contributed by atoms with E-state index in [1.54, 1.807) is 18.2 Å². The number of aromatic nitrogens is 2. The minimum Gasteiger partial charge on any atom is -0.296 e. The minimum absolute atomic E-state index is 0.282. The van der Waals surface area contributed by atoms with Crippen LogP contribution in [0.25, 0.3) is 5.57 Å². The van der Waals surface area contributed by atoms with Crippen molar-refractivity contribution in [3.8, 4) is 0 Å². The maximum Gasteiger partial charge on any atom is 0.257 e. The van der Waals surface area contributed by atoms with Gasteiger partial charge in [-0.1, -0.05) is 66.4 Å². The molecule has 1 aromatic heterocycles. The van der Waals surface area contributed by atoms with E-state index in [0.717, 1.165) is 5.56 Å². The second-order valence-electron chi connectivity index (χ2n) is 5.07. The number of carbonyl (C=O) groups is 1. The average Bonchev–Trinajstić information content (AvgIpc) is 3.04. The summed E-state index contributed by atoms with van der Waals surface area (Å²) < 4.78 is 13.7. The van der Waals surface area contributed by atoms with Crippen LogP contribution in [0.3, 0.4) is 0 Å². The maximum atomic E-state index is 13.7. The molecule has 2 aromatic carbocycles. The largest absolute Gasteiger partial charge is 0.296 e. The fourth-order valence-corrected chi connectivity index (χ4v) is 2.88. The van der Waals surface area contributed by atoms with E-state index in [-0.39, 0.29) is 11.7 Å². The second-order valence-corrected chi connectivity index (χ2v) is 6.13. The summed E-state index contributed by atoms with van der Waals surface area (Å²) in [6, 6.07) is 15.7. The lowest BCUT2D eigenvalue weighted by atomic mass is 10.1. The first kappa shape index (κ1) is 16.0. The number of amides is 1. The third-order valence-corrected chi connectivity index (χ3v) is 4.22. The van der Waals surface area contributed by atoms with Gasteiger partial charge in [0.05, 0.1) is 0 Å². The Morgan fingerprint density at radius 1 is 1.08 bits per heavy atom. The molecule has 120 valence electrons. The number of rotatable bonds is 5. The lowest BCUT2D eigenvalue weighted by Crippen LogP contribution is -2.12. The highest BCUT2D eigenvalue weighted by Crippen LogP contribution is 2.21. The van der Waals surface area contributed by atoms with E-state index in [2.05, 4.69) is 22.1 Å². The van der Waals surface area contributed by atoms with Gasteiger partial charge in [-0.05, 0) is 17.2 Å². The quantitative estimate of drug-likeness (QED) is 0.717. The monoisotopic (exact) mass is 339 g/mol. The number of nitrogens with one attached hydrogen (secondary N) is 1. The first-order valence-corrected chi connectivity index (χ1v) is 8.06. The Bertz CT molecular complexity index is 877. The van der Waals surface area contributed by atoms with Crippen molar-refractivity contribution in [3.05, 3.63) is 83.1 Å². The molecule has 0 spiro atoms. The zero-order chi connectivity index (χ0) is 16.9. The van der Waals surface area contributed by atoms with Gasteiger partial charge in [-0.3, -0.25) is 10.1 Å². The van der Waals surface area contributed by atoms with Crippen LogP contribution in [0, 0.1) is 5.82 Å². The molecule has 1 heterocycles. The SMILES string of the molecule is C=C(C(=O)Nc1nnc(Cc2ccccc2F)s1)c1ccccc1. The number of benzene rings is 2. The standard InChI is InChI=1S/C18H14FN3OS/c1-12(13-7-3-2-4-8-13)17(23)20-18-22-21-16(24-18)11-14-9-5-6-10-15(14)19/h2-10H,1,11H2,(H,20,22,23). The fraction of sp³-hybridized carbons (Fsp3) is 0.0556. The van der Waals surface area contributed by atoms with Gasteiger partial charge in [-0.15, -0.1) is 10.2 Å². The summed E-state index contributed by atoms with van der Waals surface area (Å²) >= 11 is 1.22. The van der Waals surface area contributed by atoms with E-state index in [9.17, 15) is 9.18 Å². The number of hydrogen-bond donors (Lipinski definition) is 1. The number of hydrogen-bond acceptors (Lipinski definition) is 4. The number of halogens is 1. The summed E-state index contributed by atoms with van der Waals surface area (Å²) in [7, 11) is 0. The van der Waals surface area contributed by atoms with Gasteiger partial charge in [0.15, 0.2) is 0 Å². The molecule has 0 aliphatic rings. The normalized spacial score (nSPS) is 10.4. The zero-order valence-electron chi connectivity index (χ0n) is 12.7. The number of anilines is 1. The van der Waals surface area contributed by atoms with Crippen LogP contribution in [0.4, 0.5) is 9.52 Å². The van der Waals surface area contributed by atoms with Crippen LogP contribution < -0.4 is 5.32 Å². The lowest BCUT2D eigenvalue weighted by Gasteiger charge is -2.04. The van der Waals surface area contributed by atoms with Crippen molar-refractivity contribution in [2.45, 2.75) is 6.42 Å². The van der Waals surface area contributed by atoms with Crippen molar-refractivity contribution in [3.63, 3.8) is 0 Å². The van der Waals surface area contributed by atoms with Gasteiger partial charge in [-0.2, -0.15) is 0 Å². The summed E-state index contributed by atoms with van der Waals surface area (Å²) in [6.07, 6.45) is 0.333. The molecule has 0 aliphatic carbocycles. The van der Waals surface area contributed by atoms with E-state index < -0.39 is 0 Å². The summed E-state index contributed by atoms with van der Waals surface area (Å²) in [5.41, 5.74) is 1.63. The van der Waals surface area contributed by atoms with Crippen molar-refractivity contribution < 1.29 is 9.18 Å². The Morgan fingerprint density at radius 3 is 2.54 bits per heavy atom. The summed E-state index contributed by atoms with van der Waals surface area (Å²) in [5, 5.41) is 11.6. The third-order valence-electron chi connectivity index (χ3n) is 3.38. The molecular formula is C18H14FN3OS. The van der Waals surface area contributed by atoms with E-state index in [1.165, 1.54) is 17.4 Å². The first-order chi connectivity index (χ1) is 11.6. The van der Waals surface area contributed by atoms with E-state index in [1.807, 2.05) is 30.3 Å². The molecule has 24 heavy (non-hydrogen) atoms. The highest BCUT2D eigenvalue weighted by molar-refractivity contribution is 7.15. The van der Waals surface area contributed by atoms with E-state index in [0.29, 0.717) is 27.7 Å². The molecule has 1 amide bonds. The van der Waals surface area contributed by atoms with Crippen LogP contribution in [0.5, 0.6) is 0 Å². The molecule has 0 saturated heterocycles. The maximum absolute atomic E-state index is 13.7. The first-order valence-electron chi connectivity index (χ1n) is 7.25. The van der Waals surface area contributed by atoms with Gasteiger partial charge in [0.25, 0.3) is 5.91 Å². The average molecular weight is 339 g/mol.